The van der Waals surface area contributed by atoms with Gasteiger partial charge in [0.2, 0.25) is 5.09 Å². The van der Waals surface area contributed by atoms with Gasteiger partial charge in [-0.05, 0) is 39.3 Å². The van der Waals surface area contributed by atoms with Crippen molar-refractivity contribution in [3.8, 4) is 0 Å². The molecule has 1 fully saturated rings. The summed E-state index contributed by atoms with van der Waals surface area (Å²) in [4.78, 5) is 0. The second-order valence-corrected chi connectivity index (χ2v) is 6.86. The Morgan fingerprint density at radius 1 is 1.47 bits per heavy atom. The van der Waals surface area contributed by atoms with Crippen molar-refractivity contribution in [1.82, 2.24) is 4.31 Å². The van der Waals surface area contributed by atoms with Gasteiger partial charge in [-0.25, -0.2) is 8.42 Å². The molecule has 1 atom stereocenters. The van der Waals surface area contributed by atoms with Gasteiger partial charge in [-0.2, -0.15) is 4.31 Å². The first-order valence-corrected chi connectivity index (χ1v) is 6.95. The van der Waals surface area contributed by atoms with E-state index >= 15 is 0 Å². The number of nitrogens with zero attached hydrogens (tertiary/aromatic N) is 1. The molecular weight excluding hydrogens is 242 g/mol. The molecule has 2 heterocycles. The first-order chi connectivity index (χ1) is 7.73. The maximum Gasteiger partial charge on any atom is 0.277 e. The topological polar surface area (TPSA) is 70.8 Å². The van der Waals surface area contributed by atoms with E-state index in [0.29, 0.717) is 12.2 Å². The molecule has 1 aromatic rings. The fourth-order valence-corrected chi connectivity index (χ4v) is 4.05. The maximum atomic E-state index is 12.3. The Bertz CT molecular complexity index is 517. The van der Waals surface area contributed by atoms with Crippen molar-refractivity contribution < 1.29 is 17.9 Å². The van der Waals surface area contributed by atoms with E-state index in [-0.39, 0.29) is 11.6 Å². The number of aliphatic hydroxyl groups is 1. The minimum atomic E-state index is -3.65. The quantitative estimate of drug-likeness (QED) is 0.864. The molecule has 96 valence electrons. The van der Waals surface area contributed by atoms with E-state index in [9.17, 15) is 13.5 Å². The van der Waals surface area contributed by atoms with Crippen LogP contribution < -0.4 is 0 Å². The molecule has 1 unspecified atom stereocenters. The van der Waals surface area contributed by atoms with E-state index in [0.717, 1.165) is 0 Å². The summed E-state index contributed by atoms with van der Waals surface area (Å²) in [5.41, 5.74) is -0.584. The van der Waals surface area contributed by atoms with Crippen molar-refractivity contribution in [2.45, 2.75) is 43.9 Å². The summed E-state index contributed by atoms with van der Waals surface area (Å²) in [6.07, 6.45) is -0.179. The number of β-amino-alcohol motifs (C(OH)–C–C–N with tert-alkyl or cyclic N) is 1. The Hall–Kier alpha value is -0.850. The molecule has 0 saturated carbocycles. The normalized spacial score (nSPS) is 25.3. The van der Waals surface area contributed by atoms with Crippen LogP contribution in [0.2, 0.25) is 0 Å². The highest BCUT2D eigenvalue weighted by atomic mass is 32.2. The zero-order chi connectivity index (χ0) is 12.8. The van der Waals surface area contributed by atoms with E-state index in [1.165, 1.54) is 10.4 Å². The molecule has 1 saturated heterocycles. The number of aryl methyl sites for hydroxylation is 1. The number of furan rings is 1. The SMILES string of the molecule is Cc1ccc(S(=O)(=O)N2CC(O)CC2(C)C)o1. The average molecular weight is 259 g/mol. The van der Waals surface area contributed by atoms with Crippen LogP contribution in [0.3, 0.4) is 0 Å². The molecule has 2 rings (SSSR count). The zero-order valence-electron chi connectivity index (χ0n) is 10.2. The summed E-state index contributed by atoms with van der Waals surface area (Å²) >= 11 is 0. The molecule has 5 nitrogen and oxygen atoms in total. The Kier molecular flexibility index (Phi) is 2.84. The minimum absolute atomic E-state index is 0.0582. The molecular formula is C11H17NO4S. The highest BCUT2D eigenvalue weighted by Crippen LogP contribution is 2.34. The Morgan fingerprint density at radius 3 is 2.53 bits per heavy atom. The van der Waals surface area contributed by atoms with Crippen LogP contribution in [0.15, 0.2) is 21.6 Å². The molecule has 1 N–H and O–H groups in total. The van der Waals surface area contributed by atoms with Crippen LogP contribution in [0.1, 0.15) is 26.0 Å². The summed E-state index contributed by atoms with van der Waals surface area (Å²) in [5, 5.41) is 9.56. The van der Waals surface area contributed by atoms with Crippen LogP contribution in [-0.4, -0.2) is 36.0 Å². The predicted octanol–water partition coefficient (Wildman–Crippen LogP) is 1.12. The van der Waals surface area contributed by atoms with E-state index in [1.54, 1.807) is 26.8 Å². The summed E-state index contributed by atoms with van der Waals surface area (Å²) < 4.78 is 31.1. The van der Waals surface area contributed by atoms with Crippen molar-refractivity contribution in [2.24, 2.45) is 0 Å². The van der Waals surface area contributed by atoms with Gasteiger partial charge >= 0.3 is 0 Å². The molecule has 0 bridgehead atoms. The highest BCUT2D eigenvalue weighted by Gasteiger charge is 2.46. The van der Waals surface area contributed by atoms with Gasteiger partial charge in [0.05, 0.1) is 6.10 Å². The molecule has 1 aromatic heterocycles. The van der Waals surface area contributed by atoms with Gasteiger partial charge in [-0.3, -0.25) is 0 Å². The third kappa shape index (κ3) is 2.12. The van der Waals surface area contributed by atoms with Crippen LogP contribution in [-0.2, 0) is 10.0 Å². The average Bonchev–Trinajstić information content (AvgIpc) is 2.70. The minimum Gasteiger partial charge on any atom is -0.449 e. The molecule has 0 radical (unpaired) electrons. The van der Waals surface area contributed by atoms with Crippen molar-refractivity contribution in [3.05, 3.63) is 17.9 Å². The highest BCUT2D eigenvalue weighted by molar-refractivity contribution is 7.89. The first kappa shape index (κ1) is 12.6. The van der Waals surface area contributed by atoms with E-state index in [4.69, 9.17) is 4.42 Å². The van der Waals surface area contributed by atoms with Crippen molar-refractivity contribution in [3.63, 3.8) is 0 Å². The first-order valence-electron chi connectivity index (χ1n) is 5.51. The molecule has 0 aromatic carbocycles. The van der Waals surface area contributed by atoms with Crippen molar-refractivity contribution >= 4 is 10.0 Å². The zero-order valence-corrected chi connectivity index (χ0v) is 11.0. The van der Waals surface area contributed by atoms with E-state index in [1.807, 2.05) is 0 Å². The van der Waals surface area contributed by atoms with Gasteiger partial charge in [-0.15, -0.1) is 0 Å². The van der Waals surface area contributed by atoms with Gasteiger partial charge in [0, 0.05) is 12.1 Å². The number of hydrogen-bond acceptors (Lipinski definition) is 4. The van der Waals surface area contributed by atoms with Crippen LogP contribution in [0.25, 0.3) is 0 Å². The summed E-state index contributed by atoms with van der Waals surface area (Å²) in [5.74, 6) is 0.557. The second-order valence-electron chi connectivity index (χ2n) is 5.07. The molecule has 0 aliphatic carbocycles. The second kappa shape index (κ2) is 3.83. The summed E-state index contributed by atoms with van der Waals surface area (Å²) in [6.45, 7) is 5.42. The lowest BCUT2D eigenvalue weighted by Crippen LogP contribution is -2.42. The monoisotopic (exact) mass is 259 g/mol. The molecule has 0 spiro atoms. The maximum absolute atomic E-state index is 12.3. The van der Waals surface area contributed by atoms with Crippen LogP contribution in [0, 0.1) is 6.92 Å². The Morgan fingerprint density at radius 2 is 2.12 bits per heavy atom. The number of hydrogen-bond donors (Lipinski definition) is 1. The molecule has 6 heteroatoms. The van der Waals surface area contributed by atoms with Crippen LogP contribution >= 0.6 is 0 Å². The van der Waals surface area contributed by atoms with Crippen molar-refractivity contribution in [1.29, 1.82) is 0 Å². The third-order valence-corrected chi connectivity index (χ3v) is 5.00. The predicted molar refractivity (Wildman–Crippen MR) is 62.0 cm³/mol. The fraction of sp³-hybridized carbons (Fsp3) is 0.636. The van der Waals surface area contributed by atoms with Gasteiger partial charge in [0.15, 0.2) is 0 Å². The summed E-state index contributed by atoms with van der Waals surface area (Å²) in [7, 11) is -3.65. The molecule has 1 aliphatic heterocycles. The van der Waals surface area contributed by atoms with Crippen LogP contribution in [0.4, 0.5) is 0 Å². The van der Waals surface area contributed by atoms with Gasteiger partial charge in [-0.1, -0.05) is 0 Å². The standard InChI is InChI=1S/C11H17NO4S/c1-8-4-5-10(16-8)17(14,15)12-7-9(13)6-11(12,2)3/h4-5,9,13H,6-7H2,1-3H3. The van der Waals surface area contributed by atoms with Gasteiger partial charge in [0.25, 0.3) is 10.0 Å². The lowest BCUT2D eigenvalue weighted by atomic mass is 10.0. The van der Waals surface area contributed by atoms with Crippen LogP contribution in [0.5, 0.6) is 0 Å². The van der Waals surface area contributed by atoms with E-state index in [2.05, 4.69) is 0 Å². The van der Waals surface area contributed by atoms with E-state index < -0.39 is 21.7 Å². The number of sulfonamides is 1. The lowest BCUT2D eigenvalue weighted by molar-refractivity contribution is 0.187. The van der Waals surface area contributed by atoms with Gasteiger partial charge < -0.3 is 9.52 Å². The smallest absolute Gasteiger partial charge is 0.277 e. The lowest BCUT2D eigenvalue weighted by Gasteiger charge is -2.28. The third-order valence-electron chi connectivity index (χ3n) is 3.05. The van der Waals surface area contributed by atoms with Gasteiger partial charge in [0.1, 0.15) is 5.76 Å². The summed E-state index contributed by atoms with van der Waals surface area (Å²) in [6, 6.07) is 3.07. The Labute approximate surface area is 101 Å². The Balaban J connectivity index is 2.40. The molecule has 0 amide bonds. The van der Waals surface area contributed by atoms with Crippen molar-refractivity contribution in [2.75, 3.05) is 6.54 Å². The number of aliphatic hydroxyl groups excluding tert-OH is 1. The molecule has 1 aliphatic rings. The largest absolute Gasteiger partial charge is 0.449 e. The number of rotatable bonds is 2. The fourth-order valence-electron chi connectivity index (χ4n) is 2.26. The molecule has 17 heavy (non-hydrogen) atoms.